The Morgan fingerprint density at radius 3 is 2.68 bits per heavy atom. The van der Waals surface area contributed by atoms with E-state index in [0.29, 0.717) is 23.6 Å². The third kappa shape index (κ3) is 4.35. The van der Waals surface area contributed by atoms with Gasteiger partial charge in [0.2, 0.25) is 5.91 Å². The number of carbonyl (C=O) groups is 1. The van der Waals surface area contributed by atoms with Crippen LogP contribution in [-0.2, 0) is 14.6 Å². The molecule has 1 aromatic carbocycles. The smallest absolute Gasteiger partial charge is 0.238 e. The fraction of sp³-hybridized carbons (Fsp3) is 0.500. The van der Waals surface area contributed by atoms with Crippen LogP contribution < -0.4 is 20.1 Å². The number of sulfone groups is 1. The second kappa shape index (κ2) is 6.97. The van der Waals surface area contributed by atoms with Crippen molar-refractivity contribution >= 4 is 21.4 Å². The van der Waals surface area contributed by atoms with E-state index in [1.807, 2.05) is 0 Å². The first kappa shape index (κ1) is 16.6. The summed E-state index contributed by atoms with van der Waals surface area (Å²) in [5.41, 5.74) is 0.536. The molecule has 1 saturated heterocycles. The molecule has 0 radical (unpaired) electrons. The van der Waals surface area contributed by atoms with E-state index in [4.69, 9.17) is 9.47 Å². The van der Waals surface area contributed by atoms with Gasteiger partial charge in [0.15, 0.2) is 9.84 Å². The second-order valence-corrected chi connectivity index (χ2v) is 7.32. The predicted octanol–water partition coefficient (Wildman–Crippen LogP) is 0.419. The standard InChI is InChI=1S/C14H20N2O5S/c1-20-11-3-4-12(13(7-11)21-2)16-14(17)8-15-10-5-6-22(18,19)9-10/h3-4,7,10,15H,5-6,8-9H2,1-2H3,(H,16,17). The fourth-order valence-electron chi connectivity index (χ4n) is 2.29. The van der Waals surface area contributed by atoms with Crippen molar-refractivity contribution in [1.29, 1.82) is 0 Å². The van der Waals surface area contributed by atoms with Crippen LogP contribution in [0.1, 0.15) is 6.42 Å². The number of rotatable bonds is 6. The minimum atomic E-state index is -2.95. The maximum absolute atomic E-state index is 11.9. The minimum Gasteiger partial charge on any atom is -0.497 e. The lowest BCUT2D eigenvalue weighted by molar-refractivity contribution is -0.115. The molecular weight excluding hydrogens is 308 g/mol. The number of ether oxygens (including phenoxy) is 2. The molecule has 2 rings (SSSR count). The van der Waals surface area contributed by atoms with Gasteiger partial charge in [0, 0.05) is 12.1 Å². The van der Waals surface area contributed by atoms with Crippen molar-refractivity contribution < 1.29 is 22.7 Å². The first-order chi connectivity index (χ1) is 10.4. The van der Waals surface area contributed by atoms with E-state index < -0.39 is 9.84 Å². The average Bonchev–Trinajstić information content (AvgIpc) is 2.85. The van der Waals surface area contributed by atoms with Crippen molar-refractivity contribution in [3.63, 3.8) is 0 Å². The highest BCUT2D eigenvalue weighted by Gasteiger charge is 2.27. The second-order valence-electron chi connectivity index (χ2n) is 5.10. The van der Waals surface area contributed by atoms with E-state index in [1.165, 1.54) is 7.11 Å². The summed E-state index contributed by atoms with van der Waals surface area (Å²) in [5, 5.41) is 5.69. The van der Waals surface area contributed by atoms with Crippen LogP contribution in [0.3, 0.4) is 0 Å². The number of hydrogen-bond acceptors (Lipinski definition) is 6. The lowest BCUT2D eigenvalue weighted by Crippen LogP contribution is -2.36. The Bertz CT molecular complexity index is 645. The Balaban J connectivity index is 1.89. The van der Waals surface area contributed by atoms with Gasteiger partial charge in [-0.15, -0.1) is 0 Å². The number of methoxy groups -OCH3 is 2. The normalized spacial score (nSPS) is 19.6. The Hall–Kier alpha value is -1.80. The largest absolute Gasteiger partial charge is 0.497 e. The van der Waals surface area contributed by atoms with Crippen molar-refractivity contribution in [2.75, 3.05) is 37.6 Å². The van der Waals surface area contributed by atoms with Gasteiger partial charge in [-0.3, -0.25) is 4.79 Å². The molecule has 122 valence electrons. The third-order valence-corrected chi connectivity index (χ3v) is 5.23. The molecule has 2 N–H and O–H groups in total. The number of carbonyl (C=O) groups excluding carboxylic acids is 1. The van der Waals surface area contributed by atoms with E-state index in [1.54, 1.807) is 25.3 Å². The molecule has 0 saturated carbocycles. The number of nitrogens with one attached hydrogen (secondary N) is 2. The van der Waals surface area contributed by atoms with E-state index >= 15 is 0 Å². The molecule has 1 atom stereocenters. The number of amides is 1. The average molecular weight is 328 g/mol. The summed E-state index contributed by atoms with van der Waals surface area (Å²) in [6.07, 6.45) is 0.543. The van der Waals surface area contributed by atoms with Crippen LogP contribution in [0.15, 0.2) is 18.2 Å². The van der Waals surface area contributed by atoms with Crippen LogP contribution in [0.2, 0.25) is 0 Å². The van der Waals surface area contributed by atoms with E-state index in [-0.39, 0.29) is 30.0 Å². The van der Waals surface area contributed by atoms with Crippen LogP contribution in [0, 0.1) is 0 Å². The topological polar surface area (TPSA) is 93.7 Å². The highest BCUT2D eigenvalue weighted by atomic mass is 32.2. The summed E-state index contributed by atoms with van der Waals surface area (Å²) in [6, 6.07) is 4.92. The highest BCUT2D eigenvalue weighted by Crippen LogP contribution is 2.28. The van der Waals surface area contributed by atoms with Crippen LogP contribution in [0.25, 0.3) is 0 Å². The third-order valence-electron chi connectivity index (χ3n) is 3.47. The number of anilines is 1. The molecule has 7 nitrogen and oxygen atoms in total. The van der Waals surface area contributed by atoms with Crippen LogP contribution >= 0.6 is 0 Å². The maximum atomic E-state index is 11.9. The van der Waals surface area contributed by atoms with Gasteiger partial charge in [-0.25, -0.2) is 8.42 Å². The zero-order chi connectivity index (χ0) is 16.2. The quantitative estimate of drug-likeness (QED) is 0.786. The molecule has 1 aliphatic heterocycles. The summed E-state index contributed by atoms with van der Waals surface area (Å²) in [5.74, 6) is 1.14. The molecule has 0 bridgehead atoms. The highest BCUT2D eigenvalue weighted by molar-refractivity contribution is 7.91. The van der Waals surface area contributed by atoms with Crippen molar-refractivity contribution in [3.05, 3.63) is 18.2 Å². The summed E-state index contributed by atoms with van der Waals surface area (Å²) < 4.78 is 33.0. The van der Waals surface area contributed by atoms with Gasteiger partial charge in [0.1, 0.15) is 11.5 Å². The summed E-state index contributed by atoms with van der Waals surface area (Å²) in [6.45, 7) is 0.0510. The SMILES string of the molecule is COc1ccc(NC(=O)CNC2CCS(=O)(=O)C2)c(OC)c1. The maximum Gasteiger partial charge on any atom is 0.238 e. The van der Waals surface area contributed by atoms with Gasteiger partial charge in [-0.2, -0.15) is 0 Å². The van der Waals surface area contributed by atoms with Crippen molar-refractivity contribution in [3.8, 4) is 11.5 Å². The number of benzene rings is 1. The molecule has 8 heteroatoms. The first-order valence-electron chi connectivity index (χ1n) is 6.89. The first-order valence-corrected chi connectivity index (χ1v) is 8.71. The molecule has 0 spiro atoms. The van der Waals surface area contributed by atoms with Gasteiger partial charge >= 0.3 is 0 Å². The van der Waals surface area contributed by atoms with Gasteiger partial charge in [0.05, 0.1) is 38.0 Å². The lowest BCUT2D eigenvalue weighted by atomic mass is 10.2. The molecule has 22 heavy (non-hydrogen) atoms. The van der Waals surface area contributed by atoms with Gasteiger partial charge in [-0.05, 0) is 18.6 Å². The number of hydrogen-bond donors (Lipinski definition) is 2. The van der Waals surface area contributed by atoms with Crippen LogP contribution in [0.5, 0.6) is 11.5 Å². The Kier molecular flexibility index (Phi) is 5.25. The minimum absolute atomic E-state index is 0.0510. The van der Waals surface area contributed by atoms with Gasteiger partial charge in [0.25, 0.3) is 0 Å². The Morgan fingerprint density at radius 2 is 2.09 bits per heavy atom. The Morgan fingerprint density at radius 1 is 1.32 bits per heavy atom. The molecule has 1 heterocycles. The summed E-state index contributed by atoms with van der Waals surface area (Å²) in [7, 11) is 0.106. The monoisotopic (exact) mass is 328 g/mol. The van der Waals surface area contributed by atoms with E-state index in [2.05, 4.69) is 10.6 Å². The molecule has 1 unspecified atom stereocenters. The van der Waals surface area contributed by atoms with Crippen molar-refractivity contribution in [1.82, 2.24) is 5.32 Å². The van der Waals surface area contributed by atoms with E-state index in [0.717, 1.165) is 0 Å². The fourth-order valence-corrected chi connectivity index (χ4v) is 4.00. The molecule has 1 aliphatic rings. The lowest BCUT2D eigenvalue weighted by Gasteiger charge is -2.13. The summed E-state index contributed by atoms with van der Waals surface area (Å²) >= 11 is 0. The van der Waals surface area contributed by atoms with Crippen molar-refractivity contribution in [2.24, 2.45) is 0 Å². The summed E-state index contributed by atoms with van der Waals surface area (Å²) in [4.78, 5) is 11.9. The van der Waals surface area contributed by atoms with Gasteiger partial charge < -0.3 is 20.1 Å². The zero-order valence-electron chi connectivity index (χ0n) is 12.6. The molecule has 1 aromatic rings. The molecule has 0 aromatic heterocycles. The van der Waals surface area contributed by atoms with E-state index in [9.17, 15) is 13.2 Å². The van der Waals surface area contributed by atoms with Crippen LogP contribution in [0.4, 0.5) is 5.69 Å². The molecule has 1 fully saturated rings. The van der Waals surface area contributed by atoms with Crippen LogP contribution in [-0.4, -0.2) is 52.6 Å². The predicted molar refractivity (Wildman–Crippen MR) is 83.2 cm³/mol. The molecule has 0 aliphatic carbocycles. The molecular formula is C14H20N2O5S. The molecule has 1 amide bonds. The van der Waals surface area contributed by atoms with Gasteiger partial charge in [-0.1, -0.05) is 0 Å². The van der Waals surface area contributed by atoms with Crippen molar-refractivity contribution in [2.45, 2.75) is 12.5 Å². The Labute approximate surface area is 129 Å². The zero-order valence-corrected chi connectivity index (χ0v) is 13.4.